The lowest BCUT2D eigenvalue weighted by molar-refractivity contribution is 0.0232. The molecular weight excluding hydrogens is 254 g/mol. The van der Waals surface area contributed by atoms with Gasteiger partial charge in [0.25, 0.3) is 5.91 Å². The molecule has 0 bridgehead atoms. The zero-order valence-corrected chi connectivity index (χ0v) is 12.8. The SMILES string of the molecule is C[Si](C)(C)C/C=C/CN1C(=O)c2ccccc2C1O. The first-order valence-electron chi connectivity index (χ1n) is 6.63. The van der Waals surface area contributed by atoms with Crippen LogP contribution >= 0.6 is 0 Å². The van der Waals surface area contributed by atoms with E-state index in [9.17, 15) is 9.90 Å². The van der Waals surface area contributed by atoms with E-state index in [-0.39, 0.29) is 5.91 Å². The molecule has 0 aromatic heterocycles. The lowest BCUT2D eigenvalue weighted by Crippen LogP contribution is -2.28. The Hall–Kier alpha value is -1.39. The molecule has 0 saturated carbocycles. The first-order valence-corrected chi connectivity index (χ1v) is 10.3. The van der Waals surface area contributed by atoms with Crippen molar-refractivity contribution < 1.29 is 9.90 Å². The summed E-state index contributed by atoms with van der Waals surface area (Å²) in [4.78, 5) is 13.6. The zero-order valence-electron chi connectivity index (χ0n) is 11.8. The third kappa shape index (κ3) is 3.14. The second-order valence-electron chi connectivity index (χ2n) is 6.15. The highest BCUT2D eigenvalue weighted by Gasteiger charge is 2.34. The minimum Gasteiger partial charge on any atom is -0.369 e. The Morgan fingerprint density at radius 1 is 1.26 bits per heavy atom. The van der Waals surface area contributed by atoms with Crippen molar-refractivity contribution in [2.45, 2.75) is 31.9 Å². The van der Waals surface area contributed by atoms with Crippen LogP contribution in [0.15, 0.2) is 36.4 Å². The third-order valence-electron chi connectivity index (χ3n) is 3.22. The first-order chi connectivity index (χ1) is 8.90. The summed E-state index contributed by atoms with van der Waals surface area (Å²) in [7, 11) is -1.08. The highest BCUT2D eigenvalue weighted by molar-refractivity contribution is 6.76. The molecule has 1 atom stereocenters. The van der Waals surface area contributed by atoms with E-state index in [4.69, 9.17) is 0 Å². The van der Waals surface area contributed by atoms with Crippen LogP contribution in [0.25, 0.3) is 0 Å². The first kappa shape index (κ1) is 14.0. The van der Waals surface area contributed by atoms with Crippen LogP contribution in [0, 0.1) is 0 Å². The number of carbonyl (C=O) groups is 1. The summed E-state index contributed by atoms with van der Waals surface area (Å²) >= 11 is 0. The van der Waals surface area contributed by atoms with Crippen LogP contribution in [0.1, 0.15) is 22.1 Å². The Morgan fingerprint density at radius 3 is 2.58 bits per heavy atom. The van der Waals surface area contributed by atoms with E-state index < -0.39 is 14.3 Å². The Bertz CT molecular complexity index is 505. The Labute approximate surface area is 115 Å². The molecule has 1 aliphatic heterocycles. The predicted molar refractivity (Wildman–Crippen MR) is 79.7 cm³/mol. The van der Waals surface area contributed by atoms with Gasteiger partial charge in [-0.05, 0) is 12.1 Å². The lowest BCUT2D eigenvalue weighted by atomic mass is 10.1. The summed E-state index contributed by atoms with van der Waals surface area (Å²) in [5.41, 5.74) is 1.33. The van der Waals surface area contributed by atoms with Gasteiger partial charge in [0.1, 0.15) is 0 Å². The second-order valence-corrected chi connectivity index (χ2v) is 11.7. The van der Waals surface area contributed by atoms with Crippen molar-refractivity contribution in [3.05, 3.63) is 47.5 Å². The molecule has 0 spiro atoms. The Kier molecular flexibility index (Phi) is 3.92. The zero-order chi connectivity index (χ0) is 14.0. The number of hydrogen-bond donors (Lipinski definition) is 1. The van der Waals surface area contributed by atoms with Crippen molar-refractivity contribution in [3.8, 4) is 0 Å². The number of allylic oxidation sites excluding steroid dienone is 1. The topological polar surface area (TPSA) is 40.5 Å². The van der Waals surface area contributed by atoms with Crippen molar-refractivity contribution in [3.63, 3.8) is 0 Å². The molecular formula is C15H21NO2Si. The molecule has 1 N–H and O–H groups in total. The highest BCUT2D eigenvalue weighted by atomic mass is 28.3. The monoisotopic (exact) mass is 275 g/mol. The van der Waals surface area contributed by atoms with Gasteiger partial charge in [-0.3, -0.25) is 4.79 Å². The minimum atomic E-state index is -1.08. The van der Waals surface area contributed by atoms with Gasteiger partial charge in [-0.1, -0.05) is 50.0 Å². The number of fused-ring (bicyclic) bond motifs is 1. The maximum absolute atomic E-state index is 12.1. The van der Waals surface area contributed by atoms with Crippen LogP contribution in [0.3, 0.4) is 0 Å². The number of hydrogen-bond acceptors (Lipinski definition) is 2. The third-order valence-corrected chi connectivity index (χ3v) is 4.68. The smallest absolute Gasteiger partial charge is 0.256 e. The summed E-state index contributed by atoms with van der Waals surface area (Å²) < 4.78 is 0. The summed E-state index contributed by atoms with van der Waals surface area (Å²) in [6.45, 7) is 7.40. The second kappa shape index (κ2) is 5.31. The number of carbonyl (C=O) groups excluding carboxylic acids is 1. The average molecular weight is 275 g/mol. The Morgan fingerprint density at radius 2 is 1.95 bits per heavy atom. The van der Waals surface area contributed by atoms with Crippen molar-refractivity contribution >= 4 is 14.0 Å². The molecule has 2 rings (SSSR count). The van der Waals surface area contributed by atoms with Crippen LogP contribution in [0.5, 0.6) is 0 Å². The van der Waals surface area contributed by atoms with Gasteiger partial charge in [0.05, 0.1) is 0 Å². The predicted octanol–water partition coefficient (Wildman–Crippen LogP) is 3.03. The highest BCUT2D eigenvalue weighted by Crippen LogP contribution is 2.30. The van der Waals surface area contributed by atoms with Crippen molar-refractivity contribution in [1.29, 1.82) is 0 Å². The molecule has 0 aliphatic carbocycles. The largest absolute Gasteiger partial charge is 0.369 e. The normalized spacial score (nSPS) is 19.3. The van der Waals surface area contributed by atoms with E-state index in [2.05, 4.69) is 25.7 Å². The van der Waals surface area contributed by atoms with Gasteiger partial charge in [0.15, 0.2) is 6.23 Å². The molecule has 1 aliphatic rings. The van der Waals surface area contributed by atoms with Crippen LogP contribution in [0.2, 0.25) is 25.7 Å². The molecule has 0 saturated heterocycles. The summed E-state index contributed by atoms with van der Waals surface area (Å²) in [5.74, 6) is -0.0826. The van der Waals surface area contributed by atoms with E-state index in [1.807, 2.05) is 24.3 Å². The van der Waals surface area contributed by atoms with Crippen molar-refractivity contribution in [1.82, 2.24) is 4.90 Å². The number of aliphatic hydroxyl groups is 1. The number of amides is 1. The summed E-state index contributed by atoms with van der Waals surface area (Å²) in [5, 5.41) is 10.2. The van der Waals surface area contributed by atoms with Crippen molar-refractivity contribution in [2.24, 2.45) is 0 Å². The molecule has 1 unspecified atom stereocenters. The van der Waals surface area contributed by atoms with Crippen LogP contribution < -0.4 is 0 Å². The standard InChI is InChI=1S/C15H21NO2Si/c1-19(2,3)11-7-6-10-16-14(17)12-8-4-5-9-13(12)15(16)18/h4-9,14,17H,10-11H2,1-3H3/b7-6+. The summed E-state index contributed by atoms with van der Waals surface area (Å²) in [6, 6.07) is 8.35. The lowest BCUT2D eigenvalue weighted by Gasteiger charge is -2.19. The number of rotatable bonds is 4. The Balaban J connectivity index is 2.03. The minimum absolute atomic E-state index is 0.0826. The fraction of sp³-hybridized carbons (Fsp3) is 0.400. The van der Waals surface area contributed by atoms with Gasteiger partial charge >= 0.3 is 0 Å². The molecule has 19 heavy (non-hydrogen) atoms. The number of nitrogens with zero attached hydrogens (tertiary/aromatic N) is 1. The van der Waals surface area contributed by atoms with E-state index in [0.717, 1.165) is 6.04 Å². The van der Waals surface area contributed by atoms with Gasteiger partial charge in [-0.25, -0.2) is 0 Å². The van der Waals surface area contributed by atoms with E-state index in [1.54, 1.807) is 6.07 Å². The van der Waals surface area contributed by atoms with E-state index >= 15 is 0 Å². The van der Waals surface area contributed by atoms with Gasteiger partial charge in [-0.15, -0.1) is 0 Å². The molecule has 1 aromatic rings. The molecule has 102 valence electrons. The molecule has 1 aromatic carbocycles. The van der Waals surface area contributed by atoms with Crippen molar-refractivity contribution in [2.75, 3.05) is 6.54 Å². The van der Waals surface area contributed by atoms with Crippen LogP contribution in [-0.2, 0) is 0 Å². The quantitative estimate of drug-likeness (QED) is 0.678. The maximum atomic E-state index is 12.1. The maximum Gasteiger partial charge on any atom is 0.256 e. The van der Waals surface area contributed by atoms with Gasteiger partial charge in [0.2, 0.25) is 0 Å². The molecule has 1 heterocycles. The van der Waals surface area contributed by atoms with Gasteiger partial charge in [0, 0.05) is 25.7 Å². The molecule has 1 amide bonds. The van der Waals surface area contributed by atoms with Gasteiger partial charge < -0.3 is 10.0 Å². The molecule has 4 heteroatoms. The number of benzene rings is 1. The fourth-order valence-corrected chi connectivity index (χ4v) is 3.03. The van der Waals surface area contributed by atoms with Gasteiger partial charge in [-0.2, -0.15) is 0 Å². The molecule has 0 radical (unpaired) electrons. The molecule has 3 nitrogen and oxygen atoms in total. The fourth-order valence-electron chi connectivity index (χ4n) is 2.16. The molecule has 0 fully saturated rings. The average Bonchev–Trinajstić information content (AvgIpc) is 2.58. The van der Waals surface area contributed by atoms with Crippen LogP contribution in [-0.4, -0.2) is 30.5 Å². The van der Waals surface area contributed by atoms with Crippen LogP contribution in [0.4, 0.5) is 0 Å². The van der Waals surface area contributed by atoms with E-state index in [0.29, 0.717) is 17.7 Å². The summed E-state index contributed by atoms with van der Waals surface area (Å²) in [6.07, 6.45) is 3.32. The van der Waals surface area contributed by atoms with E-state index in [1.165, 1.54) is 4.90 Å². The number of aliphatic hydroxyl groups excluding tert-OH is 1.